The van der Waals surface area contributed by atoms with Crippen molar-refractivity contribution in [2.75, 3.05) is 31.6 Å². The minimum absolute atomic E-state index is 0.147. The van der Waals surface area contributed by atoms with Gasteiger partial charge in [-0.05, 0) is 38.1 Å². The van der Waals surface area contributed by atoms with Gasteiger partial charge in [-0.3, -0.25) is 4.79 Å². The zero-order valence-electron chi connectivity index (χ0n) is 19.8. The summed E-state index contributed by atoms with van der Waals surface area (Å²) in [5.41, 5.74) is 4.07. The molecule has 2 aromatic heterocycles. The summed E-state index contributed by atoms with van der Waals surface area (Å²) in [6.07, 6.45) is 0. The molecule has 1 amide bonds. The van der Waals surface area contributed by atoms with E-state index in [-0.39, 0.29) is 10.8 Å². The molecule has 0 saturated carbocycles. The molecular formula is C25H25N5O4S2. The van der Waals surface area contributed by atoms with Crippen LogP contribution in [-0.2, 0) is 14.8 Å². The Morgan fingerprint density at radius 2 is 1.72 bits per heavy atom. The highest BCUT2D eigenvalue weighted by molar-refractivity contribution is 7.89. The van der Waals surface area contributed by atoms with Crippen LogP contribution in [0.5, 0.6) is 0 Å². The van der Waals surface area contributed by atoms with Crippen molar-refractivity contribution in [2.24, 2.45) is 0 Å². The Kier molecular flexibility index (Phi) is 6.71. The van der Waals surface area contributed by atoms with Crippen molar-refractivity contribution in [2.45, 2.75) is 18.7 Å². The van der Waals surface area contributed by atoms with E-state index in [0.717, 1.165) is 17.0 Å². The molecule has 4 aromatic rings. The van der Waals surface area contributed by atoms with Gasteiger partial charge in [-0.15, -0.1) is 11.3 Å². The van der Waals surface area contributed by atoms with Gasteiger partial charge in [-0.1, -0.05) is 29.8 Å². The summed E-state index contributed by atoms with van der Waals surface area (Å²) >= 11 is 1.43. The fraction of sp³-hybridized carbons (Fsp3) is 0.240. The number of ether oxygens (including phenoxy) is 1. The number of nitrogens with one attached hydrogen (secondary N) is 1. The van der Waals surface area contributed by atoms with E-state index in [1.807, 2.05) is 43.5 Å². The second-order valence-corrected chi connectivity index (χ2v) is 11.2. The van der Waals surface area contributed by atoms with Crippen molar-refractivity contribution >= 4 is 33.1 Å². The molecular weight excluding hydrogens is 498 g/mol. The summed E-state index contributed by atoms with van der Waals surface area (Å²) in [7, 11) is -3.63. The SMILES string of the molecule is Cc1ccc(-c2csc(-n3nc(C)cc3NC(=O)c3ccc(S(=O)(=O)N4CCOCC4)cc3)n2)cc1. The number of nitrogens with zero attached hydrogens (tertiary/aromatic N) is 4. The fourth-order valence-electron chi connectivity index (χ4n) is 3.86. The quantitative estimate of drug-likeness (QED) is 0.411. The highest BCUT2D eigenvalue weighted by Crippen LogP contribution is 2.27. The first kappa shape index (κ1) is 24.3. The lowest BCUT2D eigenvalue weighted by Gasteiger charge is -2.26. The Morgan fingerprint density at radius 1 is 1.03 bits per heavy atom. The molecule has 1 aliphatic heterocycles. The third-order valence-corrected chi connectivity index (χ3v) is 8.55. The van der Waals surface area contributed by atoms with Gasteiger partial charge in [-0.2, -0.15) is 14.1 Å². The molecule has 9 nitrogen and oxygen atoms in total. The third-order valence-electron chi connectivity index (χ3n) is 5.82. The number of morpholine rings is 1. The number of anilines is 1. The maximum atomic E-state index is 13.0. The lowest BCUT2D eigenvalue weighted by atomic mass is 10.1. The standard InChI is InChI=1S/C25H25N5O4S2/c1-17-3-5-19(6-4-17)22-16-35-25(26-22)30-23(15-18(2)28-30)27-24(31)20-7-9-21(10-8-20)36(32,33)29-11-13-34-14-12-29/h3-10,15-16H,11-14H2,1-2H3,(H,27,31). The number of rotatable bonds is 6. The van der Waals surface area contributed by atoms with E-state index >= 15 is 0 Å². The summed E-state index contributed by atoms with van der Waals surface area (Å²) in [4.78, 5) is 17.8. The summed E-state index contributed by atoms with van der Waals surface area (Å²) in [6, 6.07) is 15.8. The van der Waals surface area contributed by atoms with Crippen LogP contribution in [0.25, 0.3) is 16.4 Å². The topological polar surface area (TPSA) is 106 Å². The van der Waals surface area contributed by atoms with Gasteiger partial charge in [0.15, 0.2) is 0 Å². The summed E-state index contributed by atoms with van der Waals surface area (Å²) in [5.74, 6) is 0.106. The van der Waals surface area contributed by atoms with Gasteiger partial charge in [0.2, 0.25) is 15.2 Å². The Hall–Kier alpha value is -3.38. The van der Waals surface area contributed by atoms with Crippen molar-refractivity contribution < 1.29 is 17.9 Å². The van der Waals surface area contributed by atoms with Crippen LogP contribution in [0.2, 0.25) is 0 Å². The zero-order valence-corrected chi connectivity index (χ0v) is 21.5. The van der Waals surface area contributed by atoms with Crippen LogP contribution >= 0.6 is 11.3 Å². The maximum Gasteiger partial charge on any atom is 0.256 e. The molecule has 0 atom stereocenters. The highest BCUT2D eigenvalue weighted by Gasteiger charge is 2.26. The number of benzene rings is 2. The number of aromatic nitrogens is 3. The molecule has 3 heterocycles. The molecule has 1 aliphatic rings. The predicted molar refractivity (Wildman–Crippen MR) is 138 cm³/mol. The molecule has 0 spiro atoms. The molecule has 11 heteroatoms. The minimum Gasteiger partial charge on any atom is -0.379 e. The van der Waals surface area contributed by atoms with E-state index < -0.39 is 10.0 Å². The highest BCUT2D eigenvalue weighted by atomic mass is 32.2. The van der Waals surface area contributed by atoms with Crippen LogP contribution < -0.4 is 5.32 Å². The number of hydrogen-bond donors (Lipinski definition) is 1. The van der Waals surface area contributed by atoms with Crippen LogP contribution in [0.15, 0.2) is 64.9 Å². The van der Waals surface area contributed by atoms with Gasteiger partial charge >= 0.3 is 0 Å². The van der Waals surface area contributed by atoms with Gasteiger partial charge in [0.05, 0.1) is 29.5 Å². The molecule has 1 N–H and O–H groups in total. The molecule has 0 unspecified atom stereocenters. The lowest BCUT2D eigenvalue weighted by Crippen LogP contribution is -2.40. The van der Waals surface area contributed by atoms with Gasteiger partial charge in [0.25, 0.3) is 5.91 Å². The largest absolute Gasteiger partial charge is 0.379 e. The molecule has 36 heavy (non-hydrogen) atoms. The number of aryl methyl sites for hydroxylation is 2. The average molecular weight is 524 g/mol. The van der Waals surface area contributed by atoms with Crippen molar-refractivity contribution in [1.29, 1.82) is 0 Å². The number of carbonyl (C=O) groups excluding carboxylic acids is 1. The van der Waals surface area contributed by atoms with Crippen molar-refractivity contribution in [3.05, 3.63) is 76.8 Å². The zero-order chi connectivity index (χ0) is 25.3. The van der Waals surface area contributed by atoms with E-state index in [1.165, 1.54) is 45.5 Å². The first-order chi connectivity index (χ1) is 17.3. The summed E-state index contributed by atoms with van der Waals surface area (Å²) < 4.78 is 33.9. The Morgan fingerprint density at radius 3 is 2.42 bits per heavy atom. The smallest absolute Gasteiger partial charge is 0.256 e. The Labute approximate surface area is 213 Å². The number of hydrogen-bond acceptors (Lipinski definition) is 7. The van der Waals surface area contributed by atoms with E-state index in [4.69, 9.17) is 9.72 Å². The van der Waals surface area contributed by atoms with Crippen molar-refractivity contribution in [3.8, 4) is 16.4 Å². The molecule has 0 aliphatic carbocycles. The second kappa shape index (κ2) is 9.94. The van der Waals surface area contributed by atoms with E-state index in [1.54, 1.807) is 10.7 Å². The summed E-state index contributed by atoms with van der Waals surface area (Å²) in [5, 5.41) is 9.96. The maximum absolute atomic E-state index is 13.0. The van der Waals surface area contributed by atoms with Crippen molar-refractivity contribution in [3.63, 3.8) is 0 Å². The molecule has 186 valence electrons. The lowest BCUT2D eigenvalue weighted by molar-refractivity contribution is 0.0730. The molecule has 2 aromatic carbocycles. The van der Waals surface area contributed by atoms with E-state index in [9.17, 15) is 13.2 Å². The first-order valence-corrected chi connectivity index (χ1v) is 13.7. The average Bonchev–Trinajstić information content (AvgIpc) is 3.51. The van der Waals surface area contributed by atoms with Crippen LogP contribution in [0.3, 0.4) is 0 Å². The van der Waals surface area contributed by atoms with Gasteiger partial charge < -0.3 is 10.1 Å². The fourth-order valence-corrected chi connectivity index (χ4v) is 6.06. The van der Waals surface area contributed by atoms with Gasteiger partial charge in [0.1, 0.15) is 5.82 Å². The van der Waals surface area contributed by atoms with Crippen LogP contribution in [0.1, 0.15) is 21.6 Å². The number of carbonyl (C=O) groups is 1. The molecule has 0 radical (unpaired) electrons. The monoisotopic (exact) mass is 523 g/mol. The number of thiazole rings is 1. The van der Waals surface area contributed by atoms with Crippen LogP contribution in [0.4, 0.5) is 5.82 Å². The van der Waals surface area contributed by atoms with Crippen molar-refractivity contribution in [1.82, 2.24) is 19.1 Å². The van der Waals surface area contributed by atoms with E-state index in [0.29, 0.717) is 42.8 Å². The van der Waals surface area contributed by atoms with Crippen LogP contribution in [-0.4, -0.2) is 59.7 Å². The minimum atomic E-state index is -3.63. The molecule has 5 rings (SSSR count). The third kappa shape index (κ3) is 4.96. The number of amides is 1. The Bertz CT molecular complexity index is 1490. The summed E-state index contributed by atoms with van der Waals surface area (Å²) in [6.45, 7) is 5.25. The first-order valence-electron chi connectivity index (χ1n) is 11.4. The Balaban J connectivity index is 1.34. The predicted octanol–water partition coefficient (Wildman–Crippen LogP) is 3.89. The molecule has 1 saturated heterocycles. The van der Waals surface area contributed by atoms with E-state index in [2.05, 4.69) is 10.4 Å². The molecule has 0 bridgehead atoms. The van der Waals surface area contributed by atoms with Gasteiger partial charge in [-0.25, -0.2) is 13.4 Å². The van der Waals surface area contributed by atoms with Gasteiger partial charge in [0, 0.05) is 35.7 Å². The normalized spacial score (nSPS) is 14.6. The molecule has 1 fully saturated rings. The van der Waals surface area contributed by atoms with Crippen LogP contribution in [0, 0.1) is 13.8 Å². The second-order valence-electron chi connectivity index (χ2n) is 8.46. The number of sulfonamides is 1.